The summed E-state index contributed by atoms with van der Waals surface area (Å²) in [5.41, 5.74) is 3.11. The van der Waals surface area contributed by atoms with Crippen LogP contribution in [0, 0.1) is 0 Å². The van der Waals surface area contributed by atoms with Gasteiger partial charge in [0.2, 0.25) is 5.91 Å². The topological polar surface area (TPSA) is 60.5 Å². The summed E-state index contributed by atoms with van der Waals surface area (Å²) < 4.78 is 10.6. The second-order valence-corrected chi connectivity index (χ2v) is 6.76. The maximum Gasteiger partial charge on any atom is 0.227 e. The number of nitrogens with zero attached hydrogens (tertiary/aromatic N) is 1. The summed E-state index contributed by atoms with van der Waals surface area (Å²) in [4.78, 5) is 17.2. The molecule has 1 aromatic heterocycles. The minimum Gasteiger partial charge on any atom is -0.493 e. The summed E-state index contributed by atoms with van der Waals surface area (Å²) in [6.45, 7) is 0.546. The van der Waals surface area contributed by atoms with Gasteiger partial charge in [-0.1, -0.05) is 42.5 Å². The molecule has 3 aromatic rings. The highest BCUT2D eigenvalue weighted by atomic mass is 16.5. The van der Waals surface area contributed by atoms with Crippen LogP contribution in [0.4, 0.5) is 0 Å². The van der Waals surface area contributed by atoms with E-state index in [1.807, 2.05) is 66.9 Å². The van der Waals surface area contributed by atoms with Gasteiger partial charge in [-0.3, -0.25) is 9.78 Å². The van der Waals surface area contributed by atoms with Crippen LogP contribution in [0.5, 0.6) is 11.5 Å². The van der Waals surface area contributed by atoms with Crippen molar-refractivity contribution < 1.29 is 14.3 Å². The lowest BCUT2D eigenvalue weighted by molar-refractivity contribution is -0.122. The summed E-state index contributed by atoms with van der Waals surface area (Å²) in [7, 11) is 3.23. The van der Waals surface area contributed by atoms with E-state index in [-0.39, 0.29) is 11.8 Å². The Hall–Kier alpha value is -3.34. The Balaban J connectivity index is 1.65. The molecule has 5 heteroatoms. The van der Waals surface area contributed by atoms with E-state index in [1.165, 1.54) is 0 Å². The second kappa shape index (κ2) is 10.3. The summed E-state index contributed by atoms with van der Waals surface area (Å²) in [6.07, 6.45) is 4.87. The van der Waals surface area contributed by atoms with E-state index in [0.717, 1.165) is 16.7 Å². The number of benzene rings is 2. The SMILES string of the molecule is COc1ccc(CCNC(=O)C(Cc2cccnc2)c2ccccc2)cc1OC. The molecule has 0 saturated carbocycles. The number of carbonyl (C=O) groups excluding carboxylic acids is 1. The first kappa shape index (κ1) is 20.4. The molecule has 1 amide bonds. The molecule has 1 heterocycles. The van der Waals surface area contributed by atoms with Crippen molar-refractivity contribution in [2.45, 2.75) is 18.8 Å². The standard InChI is InChI=1S/C24H26N2O3/c1-28-22-11-10-18(16-23(22)29-2)12-14-26-24(27)21(20-8-4-3-5-9-20)15-19-7-6-13-25-17-19/h3-11,13,16-17,21H,12,14-15H2,1-2H3,(H,26,27). The monoisotopic (exact) mass is 390 g/mol. The minimum absolute atomic E-state index is 0.0144. The molecule has 0 bridgehead atoms. The van der Waals surface area contributed by atoms with E-state index in [1.54, 1.807) is 20.4 Å². The van der Waals surface area contributed by atoms with Gasteiger partial charge in [-0.25, -0.2) is 0 Å². The Morgan fingerprint density at radius 1 is 0.966 bits per heavy atom. The molecule has 1 atom stereocenters. The van der Waals surface area contributed by atoms with Gasteiger partial charge in [0.15, 0.2) is 11.5 Å². The largest absolute Gasteiger partial charge is 0.493 e. The lowest BCUT2D eigenvalue weighted by Crippen LogP contribution is -2.32. The average molecular weight is 390 g/mol. The zero-order valence-corrected chi connectivity index (χ0v) is 16.8. The molecule has 150 valence electrons. The van der Waals surface area contributed by atoms with Gasteiger partial charge in [-0.15, -0.1) is 0 Å². The number of rotatable bonds is 9. The van der Waals surface area contributed by atoms with E-state index >= 15 is 0 Å². The first-order chi connectivity index (χ1) is 14.2. The second-order valence-electron chi connectivity index (χ2n) is 6.76. The van der Waals surface area contributed by atoms with Gasteiger partial charge in [0.1, 0.15) is 0 Å². The molecule has 5 nitrogen and oxygen atoms in total. The van der Waals surface area contributed by atoms with E-state index in [4.69, 9.17) is 9.47 Å². The zero-order valence-electron chi connectivity index (χ0n) is 16.8. The Kier molecular flexibility index (Phi) is 7.22. The number of pyridine rings is 1. The van der Waals surface area contributed by atoms with Crippen LogP contribution in [0.3, 0.4) is 0 Å². The maximum absolute atomic E-state index is 13.0. The maximum atomic E-state index is 13.0. The van der Waals surface area contributed by atoms with Crippen LogP contribution in [0.1, 0.15) is 22.6 Å². The smallest absolute Gasteiger partial charge is 0.227 e. The lowest BCUT2D eigenvalue weighted by Gasteiger charge is -2.17. The summed E-state index contributed by atoms with van der Waals surface area (Å²) >= 11 is 0. The van der Waals surface area contributed by atoms with Crippen molar-refractivity contribution in [1.29, 1.82) is 0 Å². The van der Waals surface area contributed by atoms with Crippen LogP contribution >= 0.6 is 0 Å². The molecule has 0 radical (unpaired) electrons. The Labute approximate surface area is 171 Å². The van der Waals surface area contributed by atoms with Crippen molar-refractivity contribution in [1.82, 2.24) is 10.3 Å². The number of amides is 1. The molecule has 1 N–H and O–H groups in total. The van der Waals surface area contributed by atoms with Gasteiger partial charge in [0.25, 0.3) is 0 Å². The van der Waals surface area contributed by atoms with Crippen molar-refractivity contribution >= 4 is 5.91 Å². The van der Waals surface area contributed by atoms with Gasteiger partial charge < -0.3 is 14.8 Å². The van der Waals surface area contributed by atoms with Crippen molar-refractivity contribution in [3.63, 3.8) is 0 Å². The Bertz CT molecular complexity index is 914. The summed E-state index contributed by atoms with van der Waals surface area (Å²) in [5.74, 6) is 1.14. The van der Waals surface area contributed by atoms with Crippen LogP contribution in [0.15, 0.2) is 73.1 Å². The molecule has 0 aliphatic rings. The number of aromatic nitrogens is 1. The normalized spacial score (nSPS) is 11.5. The molecule has 0 fully saturated rings. The molecule has 2 aromatic carbocycles. The van der Waals surface area contributed by atoms with E-state index < -0.39 is 0 Å². The lowest BCUT2D eigenvalue weighted by atomic mass is 9.91. The fourth-order valence-corrected chi connectivity index (χ4v) is 3.29. The van der Waals surface area contributed by atoms with Gasteiger partial charge in [0.05, 0.1) is 20.1 Å². The number of nitrogens with one attached hydrogen (secondary N) is 1. The molecule has 1 unspecified atom stereocenters. The van der Waals surface area contributed by atoms with Crippen molar-refractivity contribution in [2.75, 3.05) is 20.8 Å². The molecule has 3 rings (SSSR count). The third-order valence-electron chi connectivity index (χ3n) is 4.84. The Morgan fingerprint density at radius 3 is 2.45 bits per heavy atom. The third kappa shape index (κ3) is 5.57. The third-order valence-corrected chi connectivity index (χ3v) is 4.84. The van der Waals surface area contributed by atoms with Crippen molar-refractivity contribution in [3.05, 3.63) is 89.7 Å². The van der Waals surface area contributed by atoms with Crippen LogP contribution < -0.4 is 14.8 Å². The molecule has 0 spiro atoms. The van der Waals surface area contributed by atoms with E-state index in [9.17, 15) is 4.79 Å². The van der Waals surface area contributed by atoms with E-state index in [2.05, 4.69) is 10.3 Å². The van der Waals surface area contributed by atoms with E-state index in [0.29, 0.717) is 30.9 Å². The minimum atomic E-state index is -0.259. The Morgan fingerprint density at radius 2 is 1.76 bits per heavy atom. The van der Waals surface area contributed by atoms with Gasteiger partial charge >= 0.3 is 0 Å². The first-order valence-electron chi connectivity index (χ1n) is 9.63. The first-order valence-corrected chi connectivity index (χ1v) is 9.63. The molecular weight excluding hydrogens is 364 g/mol. The van der Waals surface area contributed by atoms with Crippen LogP contribution in [-0.2, 0) is 17.6 Å². The number of hydrogen-bond acceptors (Lipinski definition) is 4. The van der Waals surface area contributed by atoms with Crippen LogP contribution in [-0.4, -0.2) is 31.7 Å². The fourth-order valence-electron chi connectivity index (χ4n) is 3.29. The van der Waals surface area contributed by atoms with Crippen LogP contribution in [0.2, 0.25) is 0 Å². The highest BCUT2D eigenvalue weighted by Gasteiger charge is 2.20. The molecular formula is C24H26N2O3. The predicted molar refractivity (Wildman–Crippen MR) is 113 cm³/mol. The van der Waals surface area contributed by atoms with Gasteiger partial charge in [-0.05, 0) is 47.7 Å². The summed E-state index contributed by atoms with van der Waals surface area (Å²) in [6, 6.07) is 19.6. The van der Waals surface area contributed by atoms with Gasteiger partial charge in [-0.2, -0.15) is 0 Å². The number of carbonyl (C=O) groups is 1. The van der Waals surface area contributed by atoms with Crippen molar-refractivity contribution in [2.24, 2.45) is 0 Å². The molecule has 0 aliphatic carbocycles. The average Bonchev–Trinajstić information content (AvgIpc) is 2.78. The molecule has 0 saturated heterocycles. The highest BCUT2D eigenvalue weighted by molar-refractivity contribution is 5.84. The van der Waals surface area contributed by atoms with Crippen LogP contribution in [0.25, 0.3) is 0 Å². The molecule has 29 heavy (non-hydrogen) atoms. The predicted octanol–water partition coefficient (Wildman–Crippen LogP) is 3.78. The van der Waals surface area contributed by atoms with Gasteiger partial charge in [0, 0.05) is 18.9 Å². The number of ether oxygens (including phenoxy) is 2. The quantitative estimate of drug-likeness (QED) is 0.604. The zero-order chi connectivity index (χ0) is 20.5. The highest BCUT2D eigenvalue weighted by Crippen LogP contribution is 2.27. The fraction of sp³-hybridized carbons (Fsp3) is 0.250. The molecule has 0 aliphatic heterocycles. The summed E-state index contributed by atoms with van der Waals surface area (Å²) in [5, 5.41) is 3.08. The number of hydrogen-bond donors (Lipinski definition) is 1. The van der Waals surface area contributed by atoms with Crippen molar-refractivity contribution in [3.8, 4) is 11.5 Å². The number of methoxy groups -OCH3 is 2.